The number of aromatic carboxylic acids is 1. The second kappa shape index (κ2) is 4.36. The molecule has 0 bridgehead atoms. The van der Waals surface area contributed by atoms with Crippen molar-refractivity contribution in [2.24, 2.45) is 0 Å². The van der Waals surface area contributed by atoms with Crippen LogP contribution in [0.2, 0.25) is 0 Å². The Kier molecular flexibility index (Phi) is 3.30. The van der Waals surface area contributed by atoms with Crippen LogP contribution in [-0.4, -0.2) is 32.1 Å². The van der Waals surface area contributed by atoms with Crippen LogP contribution in [-0.2, 0) is 17.4 Å². The third kappa shape index (κ3) is 3.13. The van der Waals surface area contributed by atoms with Crippen molar-refractivity contribution < 1.29 is 33.0 Å². The van der Waals surface area contributed by atoms with Crippen molar-refractivity contribution >= 4 is 11.9 Å². The monoisotopic (exact) mass is 250 g/mol. The van der Waals surface area contributed by atoms with E-state index in [-0.39, 0.29) is 6.20 Å². The van der Waals surface area contributed by atoms with E-state index >= 15 is 0 Å². The van der Waals surface area contributed by atoms with Crippen LogP contribution in [0.4, 0.5) is 13.2 Å². The zero-order chi connectivity index (χ0) is 13.2. The van der Waals surface area contributed by atoms with Crippen LogP contribution in [0.1, 0.15) is 21.9 Å². The zero-order valence-corrected chi connectivity index (χ0v) is 8.02. The lowest BCUT2D eigenvalue weighted by Crippen LogP contribution is -2.17. The Morgan fingerprint density at radius 2 is 1.88 bits per heavy atom. The summed E-state index contributed by atoms with van der Waals surface area (Å²) in [6, 6.07) is 0. The van der Waals surface area contributed by atoms with Crippen molar-refractivity contribution in [3.63, 3.8) is 0 Å². The van der Waals surface area contributed by atoms with E-state index in [2.05, 4.69) is 9.97 Å². The number of hydrogen-bond donors (Lipinski definition) is 2. The molecule has 0 aromatic carbocycles. The molecule has 0 spiro atoms. The van der Waals surface area contributed by atoms with Gasteiger partial charge in [-0.15, -0.1) is 0 Å². The fourth-order valence-electron chi connectivity index (χ4n) is 1.01. The van der Waals surface area contributed by atoms with Crippen molar-refractivity contribution in [2.75, 3.05) is 0 Å². The molecule has 1 heterocycles. The Balaban J connectivity index is 3.29. The van der Waals surface area contributed by atoms with Crippen molar-refractivity contribution in [1.82, 2.24) is 9.97 Å². The summed E-state index contributed by atoms with van der Waals surface area (Å²) >= 11 is 0. The Morgan fingerprint density at radius 1 is 1.29 bits per heavy atom. The number of nitrogens with zero attached hydrogens (tertiary/aromatic N) is 2. The maximum absolute atomic E-state index is 12.2. The predicted octanol–water partition coefficient (Wildman–Crippen LogP) is 0.821. The molecule has 2 N–H and O–H groups in total. The molecule has 0 fully saturated rings. The summed E-state index contributed by atoms with van der Waals surface area (Å²) in [5.41, 5.74) is -2.97. The summed E-state index contributed by atoms with van der Waals surface area (Å²) in [5.74, 6) is -3.14. The average Bonchev–Trinajstić information content (AvgIpc) is 2.14. The van der Waals surface area contributed by atoms with Crippen LogP contribution in [0.3, 0.4) is 0 Å². The fraction of sp³-hybridized carbons (Fsp3) is 0.250. The number of halogens is 3. The minimum absolute atomic E-state index is 0.245. The van der Waals surface area contributed by atoms with E-state index in [0.29, 0.717) is 0 Å². The molecule has 0 saturated heterocycles. The highest BCUT2D eigenvalue weighted by Gasteiger charge is 2.34. The molecular weight excluding hydrogens is 245 g/mol. The van der Waals surface area contributed by atoms with Crippen molar-refractivity contribution in [3.05, 3.63) is 23.3 Å². The molecule has 0 aliphatic carbocycles. The maximum atomic E-state index is 12.2. The molecule has 0 unspecified atom stereocenters. The molecule has 1 aromatic rings. The van der Waals surface area contributed by atoms with Crippen molar-refractivity contribution in [3.8, 4) is 0 Å². The van der Waals surface area contributed by atoms with Crippen LogP contribution in [0, 0.1) is 0 Å². The molecule has 0 aliphatic rings. The SMILES string of the molecule is O=C(O)Cc1nc(C(F)(F)F)cnc1C(=O)O. The fourth-order valence-corrected chi connectivity index (χ4v) is 1.01. The first kappa shape index (κ1) is 12.9. The molecule has 6 nitrogen and oxygen atoms in total. The summed E-state index contributed by atoms with van der Waals surface area (Å²) < 4.78 is 36.7. The quantitative estimate of drug-likeness (QED) is 0.823. The van der Waals surface area contributed by atoms with Crippen molar-refractivity contribution in [1.29, 1.82) is 0 Å². The Morgan fingerprint density at radius 3 is 2.29 bits per heavy atom. The van der Waals surface area contributed by atoms with E-state index in [1.165, 1.54) is 0 Å². The number of rotatable bonds is 3. The highest BCUT2D eigenvalue weighted by atomic mass is 19.4. The van der Waals surface area contributed by atoms with Crippen LogP contribution < -0.4 is 0 Å². The molecule has 0 aliphatic heterocycles. The number of carboxylic acid groups (broad SMARTS) is 2. The van der Waals surface area contributed by atoms with Gasteiger partial charge in [-0.1, -0.05) is 0 Å². The lowest BCUT2D eigenvalue weighted by molar-refractivity contribution is -0.142. The summed E-state index contributed by atoms with van der Waals surface area (Å²) in [6.07, 6.45) is -5.51. The van der Waals surface area contributed by atoms with Gasteiger partial charge in [-0.2, -0.15) is 13.2 Å². The van der Waals surface area contributed by atoms with E-state index in [0.717, 1.165) is 0 Å². The summed E-state index contributed by atoms with van der Waals surface area (Å²) in [5, 5.41) is 17.0. The molecule has 92 valence electrons. The first-order valence-corrected chi connectivity index (χ1v) is 4.10. The molecule has 1 aromatic heterocycles. The number of aromatic nitrogens is 2. The predicted molar refractivity (Wildman–Crippen MR) is 45.3 cm³/mol. The summed E-state index contributed by atoms with van der Waals surface area (Å²) in [6.45, 7) is 0. The van der Waals surface area contributed by atoms with Gasteiger partial charge >= 0.3 is 18.1 Å². The normalized spacial score (nSPS) is 11.2. The zero-order valence-electron chi connectivity index (χ0n) is 8.02. The van der Waals surface area contributed by atoms with E-state index in [9.17, 15) is 22.8 Å². The van der Waals surface area contributed by atoms with Gasteiger partial charge in [0.1, 0.15) is 0 Å². The van der Waals surface area contributed by atoms with Gasteiger partial charge in [0, 0.05) is 0 Å². The highest BCUT2D eigenvalue weighted by Crippen LogP contribution is 2.27. The number of hydrogen-bond acceptors (Lipinski definition) is 4. The van der Waals surface area contributed by atoms with Gasteiger partial charge in [-0.05, 0) is 0 Å². The molecule has 1 rings (SSSR count). The van der Waals surface area contributed by atoms with Gasteiger partial charge in [0.15, 0.2) is 11.4 Å². The molecule has 0 atom stereocenters. The van der Waals surface area contributed by atoms with Crippen LogP contribution >= 0.6 is 0 Å². The highest BCUT2D eigenvalue weighted by molar-refractivity contribution is 5.88. The number of carboxylic acids is 2. The molecular formula is C8H5F3N2O4. The topological polar surface area (TPSA) is 100 Å². The maximum Gasteiger partial charge on any atom is 0.434 e. The van der Waals surface area contributed by atoms with Crippen LogP contribution in [0.15, 0.2) is 6.20 Å². The minimum Gasteiger partial charge on any atom is -0.481 e. The largest absolute Gasteiger partial charge is 0.481 e. The lowest BCUT2D eigenvalue weighted by Gasteiger charge is -2.08. The summed E-state index contributed by atoms with van der Waals surface area (Å²) in [7, 11) is 0. The first-order chi connectivity index (χ1) is 7.71. The smallest absolute Gasteiger partial charge is 0.434 e. The van der Waals surface area contributed by atoms with Gasteiger partial charge in [-0.3, -0.25) is 4.79 Å². The number of alkyl halides is 3. The molecule has 9 heteroatoms. The molecule has 0 saturated carbocycles. The van der Waals surface area contributed by atoms with E-state index < -0.39 is 41.6 Å². The average molecular weight is 250 g/mol. The molecule has 0 amide bonds. The number of aliphatic carboxylic acids is 1. The Bertz CT molecular complexity index is 472. The van der Waals surface area contributed by atoms with Gasteiger partial charge in [0.2, 0.25) is 0 Å². The van der Waals surface area contributed by atoms with E-state index in [4.69, 9.17) is 10.2 Å². The Hall–Kier alpha value is -2.19. The summed E-state index contributed by atoms with van der Waals surface area (Å²) in [4.78, 5) is 27.0. The second-order valence-electron chi connectivity index (χ2n) is 2.92. The van der Waals surface area contributed by atoms with Gasteiger partial charge < -0.3 is 10.2 Å². The van der Waals surface area contributed by atoms with Gasteiger partial charge in [0.05, 0.1) is 18.3 Å². The number of carbonyl (C=O) groups is 2. The standard InChI is InChI=1S/C8H5F3N2O4/c9-8(10,11)4-2-12-6(7(16)17)3(13-4)1-5(14)15/h2H,1H2,(H,14,15)(H,16,17). The molecule has 0 radical (unpaired) electrons. The van der Waals surface area contributed by atoms with Crippen LogP contribution in [0.25, 0.3) is 0 Å². The minimum atomic E-state index is -4.81. The van der Waals surface area contributed by atoms with E-state index in [1.807, 2.05) is 0 Å². The third-order valence-corrected chi connectivity index (χ3v) is 1.66. The third-order valence-electron chi connectivity index (χ3n) is 1.66. The Labute approximate surface area is 91.7 Å². The van der Waals surface area contributed by atoms with E-state index in [1.54, 1.807) is 0 Å². The van der Waals surface area contributed by atoms with Gasteiger partial charge in [-0.25, -0.2) is 14.8 Å². The lowest BCUT2D eigenvalue weighted by atomic mass is 10.2. The molecule has 17 heavy (non-hydrogen) atoms. The first-order valence-electron chi connectivity index (χ1n) is 4.10. The van der Waals surface area contributed by atoms with Gasteiger partial charge in [0.25, 0.3) is 0 Å². The van der Waals surface area contributed by atoms with Crippen molar-refractivity contribution in [2.45, 2.75) is 12.6 Å². The second-order valence-corrected chi connectivity index (χ2v) is 2.92. The van der Waals surface area contributed by atoms with Crippen LogP contribution in [0.5, 0.6) is 0 Å².